The van der Waals surface area contributed by atoms with Crippen molar-refractivity contribution >= 4 is 0 Å². The summed E-state index contributed by atoms with van der Waals surface area (Å²) in [5.41, 5.74) is 1.28. The number of hydrogen-bond acceptors (Lipinski definition) is 4. The number of rotatable bonds is 6. The number of morpholine rings is 1. The van der Waals surface area contributed by atoms with Crippen molar-refractivity contribution in [2.45, 2.75) is 31.9 Å². The minimum Gasteiger partial charge on any atom is -0.374 e. The van der Waals surface area contributed by atoms with Crippen LogP contribution in [-0.4, -0.2) is 60.1 Å². The van der Waals surface area contributed by atoms with Crippen LogP contribution in [0.15, 0.2) is 12.3 Å². The fourth-order valence-corrected chi connectivity index (χ4v) is 2.73. The van der Waals surface area contributed by atoms with E-state index in [1.165, 1.54) is 5.69 Å². The van der Waals surface area contributed by atoms with Crippen LogP contribution in [0, 0.1) is 0 Å². The summed E-state index contributed by atoms with van der Waals surface area (Å²) in [4.78, 5) is 2.46. The molecule has 1 saturated heterocycles. The smallest absolute Gasteiger partial charge is 0.0855 e. The zero-order chi connectivity index (χ0) is 13.7. The highest BCUT2D eigenvalue weighted by Gasteiger charge is 2.26. The minimum absolute atomic E-state index is 0.298. The molecule has 1 aromatic heterocycles. The van der Waals surface area contributed by atoms with Crippen LogP contribution in [0.4, 0.5) is 0 Å². The molecule has 2 rings (SSSR count). The van der Waals surface area contributed by atoms with Crippen molar-refractivity contribution in [2.24, 2.45) is 7.05 Å². The van der Waals surface area contributed by atoms with E-state index in [0.717, 1.165) is 39.1 Å². The fourth-order valence-electron chi connectivity index (χ4n) is 2.73. The van der Waals surface area contributed by atoms with Crippen LogP contribution >= 0.6 is 0 Å². The van der Waals surface area contributed by atoms with E-state index in [2.05, 4.69) is 28.3 Å². The first-order chi connectivity index (χ1) is 9.24. The number of ether oxygens (including phenoxy) is 1. The van der Waals surface area contributed by atoms with Crippen LogP contribution in [0.5, 0.6) is 0 Å². The van der Waals surface area contributed by atoms with Crippen molar-refractivity contribution in [1.29, 1.82) is 0 Å². The van der Waals surface area contributed by atoms with Gasteiger partial charge in [-0.05, 0) is 32.5 Å². The lowest BCUT2D eigenvalue weighted by molar-refractivity contribution is -0.0449. The standard InChI is InChI=1S/C14H26N4O/c1-4-18-9-10-19-14(11-18)13(15-2)6-5-12-7-8-16-17(12)3/h7-8,13-15H,4-6,9-11H2,1-3H3. The van der Waals surface area contributed by atoms with Crippen LogP contribution in [0.3, 0.4) is 0 Å². The molecule has 0 spiro atoms. The number of nitrogens with one attached hydrogen (secondary N) is 1. The van der Waals surface area contributed by atoms with Gasteiger partial charge in [0.2, 0.25) is 0 Å². The van der Waals surface area contributed by atoms with Crippen molar-refractivity contribution in [3.63, 3.8) is 0 Å². The summed E-state index contributed by atoms with van der Waals surface area (Å²) in [6.07, 6.45) is 4.28. The van der Waals surface area contributed by atoms with Gasteiger partial charge in [-0.15, -0.1) is 0 Å². The molecule has 19 heavy (non-hydrogen) atoms. The summed E-state index contributed by atoms with van der Waals surface area (Å²) in [6.45, 7) is 6.27. The summed E-state index contributed by atoms with van der Waals surface area (Å²) < 4.78 is 7.89. The molecule has 1 aliphatic heterocycles. The second kappa shape index (κ2) is 7.03. The second-order valence-corrected chi connectivity index (χ2v) is 5.18. The summed E-state index contributed by atoms with van der Waals surface area (Å²) >= 11 is 0. The number of nitrogens with zero attached hydrogens (tertiary/aromatic N) is 3. The van der Waals surface area contributed by atoms with Gasteiger partial charge in [-0.2, -0.15) is 5.10 Å². The predicted octanol–water partition coefficient (Wildman–Crippen LogP) is 0.661. The first-order valence-corrected chi connectivity index (χ1v) is 7.22. The van der Waals surface area contributed by atoms with Gasteiger partial charge in [-0.3, -0.25) is 9.58 Å². The minimum atomic E-state index is 0.298. The molecule has 0 saturated carbocycles. The van der Waals surface area contributed by atoms with Gasteiger partial charge in [0, 0.05) is 38.1 Å². The van der Waals surface area contributed by atoms with E-state index >= 15 is 0 Å². The van der Waals surface area contributed by atoms with E-state index in [4.69, 9.17) is 4.74 Å². The lowest BCUT2D eigenvalue weighted by atomic mass is 10.0. The Hall–Kier alpha value is -0.910. The average Bonchev–Trinajstić information content (AvgIpc) is 2.85. The third-order valence-electron chi connectivity index (χ3n) is 4.08. The molecule has 108 valence electrons. The van der Waals surface area contributed by atoms with Crippen LogP contribution < -0.4 is 5.32 Å². The summed E-state index contributed by atoms with van der Waals surface area (Å²) in [5.74, 6) is 0. The SMILES string of the molecule is CCN1CCOC(C(CCc2ccnn2C)NC)C1. The third-order valence-corrected chi connectivity index (χ3v) is 4.08. The lowest BCUT2D eigenvalue weighted by Crippen LogP contribution is -2.51. The molecule has 2 heterocycles. The van der Waals surface area contributed by atoms with Crippen molar-refractivity contribution < 1.29 is 4.74 Å². The Morgan fingerprint density at radius 1 is 1.58 bits per heavy atom. The van der Waals surface area contributed by atoms with Crippen LogP contribution in [-0.2, 0) is 18.2 Å². The largest absolute Gasteiger partial charge is 0.374 e. The summed E-state index contributed by atoms with van der Waals surface area (Å²) in [7, 11) is 4.03. The van der Waals surface area contributed by atoms with E-state index in [1.54, 1.807) is 0 Å². The van der Waals surface area contributed by atoms with Gasteiger partial charge >= 0.3 is 0 Å². The van der Waals surface area contributed by atoms with Gasteiger partial charge in [0.15, 0.2) is 0 Å². The van der Waals surface area contributed by atoms with Crippen LogP contribution in [0.2, 0.25) is 0 Å². The van der Waals surface area contributed by atoms with E-state index in [-0.39, 0.29) is 0 Å². The summed E-state index contributed by atoms with van der Waals surface area (Å²) in [6, 6.07) is 2.50. The van der Waals surface area contributed by atoms with E-state index in [1.807, 2.05) is 25.0 Å². The average molecular weight is 266 g/mol. The molecule has 0 radical (unpaired) electrons. The van der Waals surface area contributed by atoms with Crippen LogP contribution in [0.1, 0.15) is 19.0 Å². The molecular formula is C14H26N4O. The normalized spacial score (nSPS) is 22.6. The Kier molecular flexibility index (Phi) is 5.36. The maximum absolute atomic E-state index is 5.94. The molecule has 5 nitrogen and oxygen atoms in total. The number of hydrogen-bond donors (Lipinski definition) is 1. The number of aryl methyl sites for hydroxylation is 2. The van der Waals surface area contributed by atoms with Gasteiger partial charge in [0.05, 0.1) is 12.7 Å². The molecule has 5 heteroatoms. The van der Waals surface area contributed by atoms with Crippen molar-refractivity contribution in [1.82, 2.24) is 20.0 Å². The highest BCUT2D eigenvalue weighted by Crippen LogP contribution is 2.13. The van der Waals surface area contributed by atoms with Gasteiger partial charge in [-0.1, -0.05) is 6.92 Å². The topological polar surface area (TPSA) is 42.3 Å². The first kappa shape index (κ1) is 14.5. The zero-order valence-electron chi connectivity index (χ0n) is 12.3. The Morgan fingerprint density at radius 3 is 3.05 bits per heavy atom. The van der Waals surface area contributed by atoms with Crippen LogP contribution in [0.25, 0.3) is 0 Å². The van der Waals surface area contributed by atoms with E-state index < -0.39 is 0 Å². The number of likely N-dealkylation sites (N-methyl/N-ethyl adjacent to an activating group) is 2. The Morgan fingerprint density at radius 2 is 2.42 bits per heavy atom. The molecule has 1 aliphatic rings. The highest BCUT2D eigenvalue weighted by molar-refractivity contribution is 5.01. The van der Waals surface area contributed by atoms with Gasteiger partial charge in [0.25, 0.3) is 0 Å². The molecular weight excluding hydrogens is 240 g/mol. The lowest BCUT2D eigenvalue weighted by Gasteiger charge is -2.36. The predicted molar refractivity (Wildman–Crippen MR) is 76.2 cm³/mol. The molecule has 0 bridgehead atoms. The molecule has 1 N–H and O–H groups in total. The molecule has 0 aromatic carbocycles. The molecule has 1 aromatic rings. The summed E-state index contributed by atoms with van der Waals surface area (Å²) in [5, 5.41) is 7.63. The van der Waals surface area contributed by atoms with E-state index in [9.17, 15) is 0 Å². The number of aromatic nitrogens is 2. The third kappa shape index (κ3) is 3.78. The molecule has 0 amide bonds. The molecule has 1 fully saturated rings. The second-order valence-electron chi connectivity index (χ2n) is 5.18. The Balaban J connectivity index is 1.87. The van der Waals surface area contributed by atoms with Crippen molar-refractivity contribution in [2.75, 3.05) is 33.3 Å². The molecule has 0 aliphatic carbocycles. The molecule has 2 unspecified atom stereocenters. The fraction of sp³-hybridized carbons (Fsp3) is 0.786. The monoisotopic (exact) mass is 266 g/mol. The zero-order valence-corrected chi connectivity index (χ0v) is 12.3. The van der Waals surface area contributed by atoms with Crippen molar-refractivity contribution in [3.05, 3.63) is 18.0 Å². The Bertz CT molecular complexity index is 379. The first-order valence-electron chi connectivity index (χ1n) is 7.22. The highest BCUT2D eigenvalue weighted by atomic mass is 16.5. The van der Waals surface area contributed by atoms with Crippen molar-refractivity contribution in [3.8, 4) is 0 Å². The maximum Gasteiger partial charge on any atom is 0.0855 e. The Labute approximate surface area is 115 Å². The van der Waals surface area contributed by atoms with Gasteiger partial charge in [0.1, 0.15) is 0 Å². The van der Waals surface area contributed by atoms with Gasteiger partial charge < -0.3 is 10.1 Å². The maximum atomic E-state index is 5.94. The molecule has 2 atom stereocenters. The van der Waals surface area contributed by atoms with Gasteiger partial charge in [-0.25, -0.2) is 0 Å². The quantitative estimate of drug-likeness (QED) is 0.821. The van der Waals surface area contributed by atoms with E-state index in [0.29, 0.717) is 12.1 Å².